The van der Waals surface area contributed by atoms with Gasteiger partial charge in [0.05, 0.1) is 16.3 Å². The van der Waals surface area contributed by atoms with Crippen molar-refractivity contribution in [2.45, 2.75) is 37.7 Å². The molecule has 1 amide bonds. The minimum absolute atomic E-state index is 0.424. The smallest absolute Gasteiger partial charge is 0.323 e. The predicted octanol–water partition coefficient (Wildman–Crippen LogP) is 1.36. The number of hydrogen-bond acceptors (Lipinski definition) is 7. The highest BCUT2D eigenvalue weighted by Gasteiger charge is 2.28. The Bertz CT molecular complexity index is 851. The highest BCUT2D eigenvalue weighted by molar-refractivity contribution is 7.98. The van der Waals surface area contributed by atoms with Gasteiger partial charge in [-0.3, -0.25) is 0 Å². The van der Waals surface area contributed by atoms with Crippen LogP contribution in [-0.4, -0.2) is 62.6 Å². The minimum Gasteiger partial charge on any atom is -0.323 e. The Kier molecular flexibility index (Phi) is 5.33. The third-order valence-electron chi connectivity index (χ3n) is 3.55. The molecule has 0 saturated heterocycles. The van der Waals surface area contributed by atoms with E-state index in [0.29, 0.717) is 24.5 Å². The molecule has 0 unspecified atom stereocenters. The van der Waals surface area contributed by atoms with Crippen molar-refractivity contribution in [1.82, 2.24) is 28.9 Å². The van der Waals surface area contributed by atoms with Crippen molar-refractivity contribution >= 4 is 27.8 Å². The number of carbonyl (C=O) groups is 1. The third-order valence-corrected chi connectivity index (χ3v) is 6.01. The van der Waals surface area contributed by atoms with Crippen molar-refractivity contribution in [3.63, 3.8) is 0 Å². The van der Waals surface area contributed by atoms with Crippen LogP contribution in [0.5, 0.6) is 0 Å². The van der Waals surface area contributed by atoms with Gasteiger partial charge in [-0.05, 0) is 34.0 Å². The third kappa shape index (κ3) is 3.05. The van der Waals surface area contributed by atoms with E-state index in [0.717, 1.165) is 20.0 Å². The van der Waals surface area contributed by atoms with Crippen molar-refractivity contribution in [3.8, 4) is 0 Å². The summed E-state index contributed by atoms with van der Waals surface area (Å²) in [5.41, 5.74) is 1.11. The predicted molar refractivity (Wildman–Crippen MR) is 89.8 cm³/mol. The van der Waals surface area contributed by atoms with Crippen LogP contribution in [0.2, 0.25) is 0 Å². The Balaban J connectivity index is 2.44. The molecular weight excluding hydrogens is 352 g/mol. The molecule has 2 rings (SSSR count). The van der Waals surface area contributed by atoms with Crippen LogP contribution in [0.4, 0.5) is 4.79 Å². The molecule has 0 aliphatic heterocycles. The maximum atomic E-state index is 12.7. The number of amides is 1. The summed E-state index contributed by atoms with van der Waals surface area (Å²) in [7, 11) is -4.05. The number of aromatic nitrogens is 5. The lowest BCUT2D eigenvalue weighted by molar-refractivity contribution is 0.201. The summed E-state index contributed by atoms with van der Waals surface area (Å²) in [6, 6.07) is -0.424. The monoisotopic (exact) mass is 372 g/mol. The Morgan fingerprint density at radius 3 is 2.38 bits per heavy atom. The summed E-state index contributed by atoms with van der Waals surface area (Å²) in [4.78, 5) is 18.3. The molecule has 11 heteroatoms. The SMILES string of the molecule is CCN(CC)C(=O)n1cnc(S(=O)(=O)n2nc(C)c(SC)c2C)n1. The largest absolute Gasteiger partial charge is 0.346 e. The summed E-state index contributed by atoms with van der Waals surface area (Å²) in [5.74, 6) is 0. The first kappa shape index (κ1) is 18.5. The van der Waals surface area contributed by atoms with Gasteiger partial charge in [0.2, 0.25) is 0 Å². The van der Waals surface area contributed by atoms with E-state index < -0.39 is 21.2 Å². The van der Waals surface area contributed by atoms with Crippen LogP contribution in [0.25, 0.3) is 0 Å². The maximum Gasteiger partial charge on any atom is 0.346 e. The Morgan fingerprint density at radius 1 is 1.25 bits per heavy atom. The number of thioether (sulfide) groups is 1. The van der Waals surface area contributed by atoms with Crippen LogP contribution in [0, 0.1) is 13.8 Å². The molecule has 9 nitrogen and oxygen atoms in total. The first-order chi connectivity index (χ1) is 11.3. The molecule has 2 aromatic rings. The van der Waals surface area contributed by atoms with Gasteiger partial charge in [-0.25, -0.2) is 9.78 Å². The van der Waals surface area contributed by atoms with Gasteiger partial charge in [0.15, 0.2) is 0 Å². The second-order valence-corrected chi connectivity index (χ2v) is 7.46. The molecule has 0 N–H and O–H groups in total. The van der Waals surface area contributed by atoms with E-state index in [4.69, 9.17) is 0 Å². The van der Waals surface area contributed by atoms with Crippen LogP contribution < -0.4 is 0 Å². The van der Waals surface area contributed by atoms with Crippen molar-refractivity contribution in [1.29, 1.82) is 0 Å². The zero-order chi connectivity index (χ0) is 18.1. The second-order valence-electron chi connectivity index (χ2n) is 4.98. The van der Waals surface area contributed by atoms with Crippen LogP contribution in [0.15, 0.2) is 16.4 Å². The van der Waals surface area contributed by atoms with Gasteiger partial charge >= 0.3 is 16.1 Å². The normalized spacial score (nSPS) is 11.7. The average molecular weight is 372 g/mol. The molecule has 0 spiro atoms. The standard InChI is InChI=1S/C13H20N6O3S2/c1-6-17(7-2)13(20)18-8-14-12(16-18)24(21,22)19-10(4)11(23-5)9(3)15-19/h8H,6-7H2,1-5H3. The molecule has 2 aromatic heterocycles. The quantitative estimate of drug-likeness (QED) is 0.730. The number of nitrogens with zero attached hydrogens (tertiary/aromatic N) is 6. The van der Waals surface area contributed by atoms with E-state index >= 15 is 0 Å². The fourth-order valence-corrected chi connectivity index (χ4v) is 4.29. The number of carbonyl (C=O) groups excluding carboxylic acids is 1. The minimum atomic E-state index is -4.05. The summed E-state index contributed by atoms with van der Waals surface area (Å²) < 4.78 is 27.3. The summed E-state index contributed by atoms with van der Waals surface area (Å²) >= 11 is 1.42. The molecule has 0 atom stereocenters. The Morgan fingerprint density at radius 2 is 1.88 bits per heavy atom. The van der Waals surface area contributed by atoms with Crippen molar-refractivity contribution in [3.05, 3.63) is 17.7 Å². The maximum absolute atomic E-state index is 12.7. The first-order valence-electron chi connectivity index (χ1n) is 7.34. The first-order valence-corrected chi connectivity index (χ1v) is 10.0. The summed E-state index contributed by atoms with van der Waals surface area (Å²) in [5, 5.41) is 7.46. The van der Waals surface area contributed by atoms with Gasteiger partial charge in [-0.2, -0.15) is 22.3 Å². The molecule has 0 aromatic carbocycles. The van der Waals surface area contributed by atoms with Crippen molar-refractivity contribution in [2.24, 2.45) is 0 Å². The summed E-state index contributed by atoms with van der Waals surface area (Å²) in [6.45, 7) is 8.05. The van der Waals surface area contributed by atoms with Gasteiger partial charge in [0.25, 0.3) is 5.16 Å². The molecule has 0 bridgehead atoms. The van der Waals surface area contributed by atoms with Gasteiger partial charge < -0.3 is 4.90 Å². The molecule has 24 heavy (non-hydrogen) atoms. The highest BCUT2D eigenvalue weighted by atomic mass is 32.2. The lowest BCUT2D eigenvalue weighted by Gasteiger charge is -2.17. The second kappa shape index (κ2) is 6.93. The van der Waals surface area contributed by atoms with E-state index in [2.05, 4.69) is 15.2 Å². The molecule has 0 aliphatic carbocycles. The van der Waals surface area contributed by atoms with E-state index in [-0.39, 0.29) is 0 Å². The van der Waals surface area contributed by atoms with Gasteiger partial charge in [0.1, 0.15) is 6.33 Å². The van der Waals surface area contributed by atoms with Crippen LogP contribution in [0.3, 0.4) is 0 Å². The lowest BCUT2D eigenvalue weighted by atomic mass is 10.4. The van der Waals surface area contributed by atoms with Crippen molar-refractivity contribution in [2.75, 3.05) is 19.3 Å². The molecule has 0 fully saturated rings. The molecule has 0 radical (unpaired) electrons. The molecule has 132 valence electrons. The van der Waals surface area contributed by atoms with Crippen LogP contribution in [-0.2, 0) is 10.0 Å². The van der Waals surface area contributed by atoms with Crippen molar-refractivity contribution < 1.29 is 13.2 Å². The van der Waals surface area contributed by atoms with E-state index in [1.807, 2.05) is 20.1 Å². The van der Waals surface area contributed by atoms with Crippen LogP contribution in [0.1, 0.15) is 25.2 Å². The highest BCUT2D eigenvalue weighted by Crippen LogP contribution is 2.25. The Hall–Kier alpha value is -1.88. The van der Waals surface area contributed by atoms with Crippen LogP contribution >= 0.6 is 11.8 Å². The topological polar surface area (TPSA) is 103 Å². The zero-order valence-corrected chi connectivity index (χ0v) is 15.8. The fourth-order valence-electron chi connectivity index (χ4n) is 2.31. The zero-order valence-electron chi connectivity index (χ0n) is 14.2. The van der Waals surface area contributed by atoms with E-state index in [1.54, 1.807) is 13.8 Å². The van der Waals surface area contributed by atoms with Gasteiger partial charge in [0, 0.05) is 13.1 Å². The summed E-state index contributed by atoms with van der Waals surface area (Å²) in [6.07, 6.45) is 2.96. The fraction of sp³-hybridized carbons (Fsp3) is 0.538. The van der Waals surface area contributed by atoms with E-state index in [9.17, 15) is 13.2 Å². The molecule has 0 saturated carbocycles. The molecule has 0 aliphatic rings. The average Bonchev–Trinajstić information content (AvgIpc) is 3.14. The molecule has 2 heterocycles. The number of rotatable bonds is 5. The number of aryl methyl sites for hydroxylation is 1. The molecular formula is C13H20N6O3S2. The van der Waals surface area contributed by atoms with E-state index in [1.165, 1.54) is 16.7 Å². The van der Waals surface area contributed by atoms with Gasteiger partial charge in [-0.1, -0.05) is 0 Å². The lowest BCUT2D eigenvalue weighted by Crippen LogP contribution is -2.34. The number of hydrogen-bond donors (Lipinski definition) is 0. The van der Waals surface area contributed by atoms with Gasteiger partial charge in [-0.15, -0.1) is 16.9 Å². The Labute approximate surface area is 145 Å².